The first-order valence-electron chi connectivity index (χ1n) is 8.45. The topological polar surface area (TPSA) is 29.3 Å². The summed E-state index contributed by atoms with van der Waals surface area (Å²) in [7, 11) is 0. The standard InChI is InChI=1S/C17H36N2/c1-15(2)8-12-19(13-9-16(3)4)17(14-18)10-6-5-7-11-17/h15-16H,5-14,18H2,1-4H3. The maximum absolute atomic E-state index is 6.21. The van der Waals surface area contributed by atoms with E-state index < -0.39 is 0 Å². The van der Waals surface area contributed by atoms with E-state index in [1.807, 2.05) is 0 Å². The quantitative estimate of drug-likeness (QED) is 0.720. The minimum absolute atomic E-state index is 0.321. The van der Waals surface area contributed by atoms with Crippen LogP contribution in [0, 0.1) is 11.8 Å². The fraction of sp³-hybridized carbons (Fsp3) is 1.00. The molecule has 1 saturated carbocycles. The van der Waals surface area contributed by atoms with Crippen LogP contribution in [-0.4, -0.2) is 30.1 Å². The molecule has 2 heteroatoms. The Morgan fingerprint density at radius 3 is 1.74 bits per heavy atom. The molecule has 0 bridgehead atoms. The first-order chi connectivity index (χ1) is 9.00. The lowest BCUT2D eigenvalue weighted by molar-refractivity contribution is 0.0486. The highest BCUT2D eigenvalue weighted by Crippen LogP contribution is 2.33. The van der Waals surface area contributed by atoms with Gasteiger partial charge in [-0.1, -0.05) is 47.0 Å². The lowest BCUT2D eigenvalue weighted by atomic mass is 9.79. The van der Waals surface area contributed by atoms with Crippen LogP contribution in [0.2, 0.25) is 0 Å². The summed E-state index contributed by atoms with van der Waals surface area (Å²) < 4.78 is 0. The number of hydrogen-bond acceptors (Lipinski definition) is 2. The van der Waals surface area contributed by atoms with Crippen LogP contribution in [0.3, 0.4) is 0 Å². The highest BCUT2D eigenvalue weighted by molar-refractivity contribution is 4.94. The smallest absolute Gasteiger partial charge is 0.0331 e. The normalized spacial score (nSPS) is 19.6. The molecule has 0 amide bonds. The molecule has 0 radical (unpaired) electrons. The van der Waals surface area contributed by atoms with E-state index in [1.165, 1.54) is 58.0 Å². The van der Waals surface area contributed by atoms with Crippen molar-refractivity contribution in [1.29, 1.82) is 0 Å². The van der Waals surface area contributed by atoms with Crippen molar-refractivity contribution in [1.82, 2.24) is 4.90 Å². The average molecular weight is 268 g/mol. The van der Waals surface area contributed by atoms with Gasteiger partial charge in [0.1, 0.15) is 0 Å². The Morgan fingerprint density at radius 2 is 1.37 bits per heavy atom. The summed E-state index contributed by atoms with van der Waals surface area (Å²) in [4.78, 5) is 2.76. The van der Waals surface area contributed by atoms with Gasteiger partial charge in [0, 0.05) is 12.1 Å². The van der Waals surface area contributed by atoms with Crippen molar-refractivity contribution in [3.8, 4) is 0 Å². The van der Waals surface area contributed by atoms with Crippen LogP contribution in [0.15, 0.2) is 0 Å². The van der Waals surface area contributed by atoms with E-state index in [0.717, 1.165) is 18.4 Å². The predicted molar refractivity (Wildman–Crippen MR) is 85.4 cm³/mol. The number of nitrogens with zero attached hydrogens (tertiary/aromatic N) is 1. The molecule has 1 aliphatic carbocycles. The lowest BCUT2D eigenvalue weighted by Crippen LogP contribution is -2.55. The Labute approximate surface area is 121 Å². The Kier molecular flexibility index (Phi) is 7.38. The van der Waals surface area contributed by atoms with Gasteiger partial charge in [0.15, 0.2) is 0 Å². The van der Waals surface area contributed by atoms with E-state index in [1.54, 1.807) is 0 Å². The number of rotatable bonds is 8. The molecule has 0 aliphatic heterocycles. The van der Waals surface area contributed by atoms with Crippen LogP contribution in [-0.2, 0) is 0 Å². The molecule has 19 heavy (non-hydrogen) atoms. The second kappa shape index (κ2) is 8.26. The molecule has 0 unspecified atom stereocenters. The molecule has 1 aliphatic rings. The lowest BCUT2D eigenvalue weighted by Gasteiger charge is -2.46. The fourth-order valence-corrected chi connectivity index (χ4v) is 3.27. The van der Waals surface area contributed by atoms with Gasteiger partial charge in [-0.05, 0) is 50.6 Å². The first kappa shape index (κ1) is 17.0. The maximum Gasteiger partial charge on any atom is 0.0331 e. The van der Waals surface area contributed by atoms with Crippen molar-refractivity contribution in [2.75, 3.05) is 19.6 Å². The Balaban J connectivity index is 2.67. The van der Waals surface area contributed by atoms with Gasteiger partial charge in [0.2, 0.25) is 0 Å². The Hall–Kier alpha value is -0.0800. The minimum Gasteiger partial charge on any atom is -0.329 e. The van der Waals surface area contributed by atoms with Gasteiger partial charge < -0.3 is 5.73 Å². The molecule has 0 saturated heterocycles. The summed E-state index contributed by atoms with van der Waals surface area (Å²) in [5, 5.41) is 0. The van der Waals surface area contributed by atoms with Crippen LogP contribution in [0.5, 0.6) is 0 Å². The van der Waals surface area contributed by atoms with Crippen molar-refractivity contribution in [3.63, 3.8) is 0 Å². The summed E-state index contributed by atoms with van der Waals surface area (Å²) in [5.41, 5.74) is 6.53. The summed E-state index contributed by atoms with van der Waals surface area (Å²) in [6, 6.07) is 0. The van der Waals surface area contributed by atoms with Crippen LogP contribution >= 0.6 is 0 Å². The van der Waals surface area contributed by atoms with Crippen molar-refractivity contribution in [2.24, 2.45) is 17.6 Å². The van der Waals surface area contributed by atoms with Crippen molar-refractivity contribution >= 4 is 0 Å². The Bertz CT molecular complexity index is 217. The Morgan fingerprint density at radius 1 is 0.895 bits per heavy atom. The summed E-state index contributed by atoms with van der Waals surface area (Å²) in [6.07, 6.45) is 9.40. The molecule has 1 rings (SSSR count). The molecule has 114 valence electrons. The van der Waals surface area contributed by atoms with Crippen molar-refractivity contribution in [3.05, 3.63) is 0 Å². The van der Waals surface area contributed by atoms with E-state index >= 15 is 0 Å². The predicted octanol–water partition coefficient (Wildman–Crippen LogP) is 4.04. The molecular weight excluding hydrogens is 232 g/mol. The second-order valence-corrected chi connectivity index (χ2v) is 7.34. The van der Waals surface area contributed by atoms with Gasteiger partial charge >= 0.3 is 0 Å². The molecule has 2 N–H and O–H groups in total. The third-order valence-corrected chi connectivity index (χ3v) is 4.79. The van der Waals surface area contributed by atoms with Crippen molar-refractivity contribution in [2.45, 2.75) is 78.2 Å². The molecule has 2 nitrogen and oxygen atoms in total. The van der Waals surface area contributed by atoms with Crippen LogP contribution in [0.4, 0.5) is 0 Å². The molecular formula is C17H36N2. The van der Waals surface area contributed by atoms with Gasteiger partial charge in [-0.2, -0.15) is 0 Å². The molecule has 0 spiro atoms. The zero-order chi connectivity index (χ0) is 14.3. The molecule has 0 aromatic heterocycles. The summed E-state index contributed by atoms with van der Waals surface area (Å²) in [6.45, 7) is 12.6. The minimum atomic E-state index is 0.321. The zero-order valence-electron chi connectivity index (χ0n) is 13.8. The van der Waals surface area contributed by atoms with Crippen molar-refractivity contribution < 1.29 is 0 Å². The molecule has 0 aromatic carbocycles. The van der Waals surface area contributed by atoms with Gasteiger partial charge in [0.05, 0.1) is 0 Å². The number of hydrogen-bond donors (Lipinski definition) is 1. The maximum atomic E-state index is 6.21. The highest BCUT2D eigenvalue weighted by Gasteiger charge is 2.36. The van der Waals surface area contributed by atoms with Crippen LogP contribution in [0.1, 0.15) is 72.6 Å². The highest BCUT2D eigenvalue weighted by atomic mass is 15.2. The fourth-order valence-electron chi connectivity index (χ4n) is 3.27. The summed E-state index contributed by atoms with van der Waals surface area (Å²) >= 11 is 0. The molecule has 0 aromatic rings. The largest absolute Gasteiger partial charge is 0.329 e. The third kappa shape index (κ3) is 5.43. The van der Waals surface area contributed by atoms with E-state index in [0.29, 0.717) is 5.54 Å². The molecule has 0 heterocycles. The van der Waals surface area contributed by atoms with Crippen LogP contribution in [0.25, 0.3) is 0 Å². The van der Waals surface area contributed by atoms with Gasteiger partial charge in [-0.15, -0.1) is 0 Å². The van der Waals surface area contributed by atoms with E-state index in [4.69, 9.17) is 5.73 Å². The monoisotopic (exact) mass is 268 g/mol. The molecule has 0 atom stereocenters. The molecule has 1 fully saturated rings. The first-order valence-corrected chi connectivity index (χ1v) is 8.45. The SMILES string of the molecule is CC(C)CCN(CCC(C)C)C1(CN)CCCCC1. The third-order valence-electron chi connectivity index (χ3n) is 4.79. The average Bonchev–Trinajstić information content (AvgIpc) is 2.39. The van der Waals surface area contributed by atoms with E-state index in [-0.39, 0.29) is 0 Å². The van der Waals surface area contributed by atoms with E-state index in [2.05, 4.69) is 32.6 Å². The van der Waals surface area contributed by atoms with Gasteiger partial charge in [-0.25, -0.2) is 0 Å². The zero-order valence-corrected chi connectivity index (χ0v) is 13.8. The van der Waals surface area contributed by atoms with Gasteiger partial charge in [-0.3, -0.25) is 4.90 Å². The van der Waals surface area contributed by atoms with Crippen LogP contribution < -0.4 is 5.73 Å². The second-order valence-electron chi connectivity index (χ2n) is 7.34. The summed E-state index contributed by atoms with van der Waals surface area (Å²) in [5.74, 6) is 1.58. The number of nitrogens with two attached hydrogens (primary N) is 1. The van der Waals surface area contributed by atoms with E-state index in [9.17, 15) is 0 Å². The van der Waals surface area contributed by atoms with Gasteiger partial charge in [0.25, 0.3) is 0 Å².